The molecule has 0 bridgehead atoms. The van der Waals surface area contributed by atoms with E-state index in [1.54, 1.807) is 25.1 Å². The summed E-state index contributed by atoms with van der Waals surface area (Å²) < 4.78 is 0. The summed E-state index contributed by atoms with van der Waals surface area (Å²) in [6, 6.07) is 1.65. The molecule has 19 heavy (non-hydrogen) atoms. The van der Waals surface area contributed by atoms with Gasteiger partial charge in [-0.3, -0.25) is 4.79 Å². The molecule has 0 aromatic carbocycles. The Morgan fingerprint density at radius 1 is 1.63 bits per heavy atom. The first kappa shape index (κ1) is 14.1. The van der Waals surface area contributed by atoms with Gasteiger partial charge >= 0.3 is 0 Å². The summed E-state index contributed by atoms with van der Waals surface area (Å²) in [5.74, 6) is 0.874. The molecule has 1 aromatic heterocycles. The minimum Gasteiger partial charge on any atom is -0.393 e. The Labute approximate surface area is 117 Å². The maximum Gasteiger partial charge on any atom is 0.255 e. The number of aliphatic hydroxyl groups is 1. The summed E-state index contributed by atoms with van der Waals surface area (Å²) in [4.78, 5) is 18.0. The Morgan fingerprint density at radius 3 is 2.89 bits per heavy atom. The van der Waals surface area contributed by atoms with Gasteiger partial charge in [-0.1, -0.05) is 11.6 Å². The maximum atomic E-state index is 12.3. The predicted octanol–water partition coefficient (Wildman–Crippen LogP) is 1.62. The van der Waals surface area contributed by atoms with E-state index in [0.29, 0.717) is 28.9 Å². The number of amides is 1. The molecule has 1 aliphatic carbocycles. The lowest BCUT2D eigenvalue weighted by Gasteiger charge is -2.34. The lowest BCUT2D eigenvalue weighted by atomic mass is 9.82. The van der Waals surface area contributed by atoms with Crippen molar-refractivity contribution in [1.82, 2.24) is 9.88 Å². The smallest absolute Gasteiger partial charge is 0.255 e. The minimum atomic E-state index is -0.200. The molecule has 1 saturated carbocycles. The van der Waals surface area contributed by atoms with Crippen LogP contribution in [-0.2, 0) is 0 Å². The third-order valence-electron chi connectivity index (χ3n) is 3.43. The molecule has 1 aromatic rings. The van der Waals surface area contributed by atoms with Crippen LogP contribution in [0.2, 0.25) is 5.02 Å². The number of hydrogen-bond donors (Lipinski definition) is 2. The Balaban J connectivity index is 2.05. The van der Waals surface area contributed by atoms with Crippen molar-refractivity contribution in [3.05, 3.63) is 22.8 Å². The van der Waals surface area contributed by atoms with E-state index in [1.165, 1.54) is 6.20 Å². The lowest BCUT2D eigenvalue weighted by Crippen LogP contribution is -2.39. The van der Waals surface area contributed by atoms with Gasteiger partial charge in [-0.15, -0.1) is 0 Å². The molecule has 1 amide bonds. The molecule has 5 nitrogen and oxygen atoms in total. The van der Waals surface area contributed by atoms with Crippen molar-refractivity contribution in [2.45, 2.75) is 18.9 Å². The fourth-order valence-electron chi connectivity index (χ4n) is 2.26. The van der Waals surface area contributed by atoms with E-state index in [2.05, 4.69) is 10.3 Å². The maximum absolute atomic E-state index is 12.3. The van der Waals surface area contributed by atoms with Crippen LogP contribution in [0.3, 0.4) is 0 Å². The van der Waals surface area contributed by atoms with Gasteiger partial charge in [-0.05, 0) is 24.8 Å². The van der Waals surface area contributed by atoms with Gasteiger partial charge in [-0.2, -0.15) is 0 Å². The van der Waals surface area contributed by atoms with Crippen molar-refractivity contribution in [3.63, 3.8) is 0 Å². The molecule has 0 radical (unpaired) electrons. The van der Waals surface area contributed by atoms with E-state index in [-0.39, 0.29) is 12.0 Å². The summed E-state index contributed by atoms with van der Waals surface area (Å²) in [6.45, 7) is 0.642. The number of nitrogens with one attached hydrogen (secondary N) is 1. The van der Waals surface area contributed by atoms with Gasteiger partial charge < -0.3 is 15.3 Å². The average Bonchev–Trinajstić information content (AvgIpc) is 2.36. The van der Waals surface area contributed by atoms with Crippen LogP contribution in [0.4, 0.5) is 5.82 Å². The number of pyridine rings is 1. The lowest BCUT2D eigenvalue weighted by molar-refractivity contribution is 0.0265. The number of anilines is 1. The fraction of sp³-hybridized carbons (Fsp3) is 0.538. The predicted molar refractivity (Wildman–Crippen MR) is 74.5 cm³/mol. The minimum absolute atomic E-state index is 0.120. The monoisotopic (exact) mass is 283 g/mol. The number of carbonyl (C=O) groups excluding carboxylic acids is 1. The van der Waals surface area contributed by atoms with Crippen molar-refractivity contribution in [3.8, 4) is 0 Å². The standard InChI is InChI=1S/C13H18ClN3O2/c1-15-12-5-10(11(14)6-16-12)13(19)17(2)7-8-3-9(18)4-8/h5-6,8-9,18H,3-4,7H2,1-2H3,(H,15,16). The van der Waals surface area contributed by atoms with Crippen LogP contribution >= 0.6 is 11.6 Å². The van der Waals surface area contributed by atoms with Crippen LogP contribution in [0.1, 0.15) is 23.2 Å². The molecule has 0 spiro atoms. The zero-order chi connectivity index (χ0) is 14.0. The number of halogens is 1. The number of nitrogens with zero attached hydrogens (tertiary/aromatic N) is 2. The zero-order valence-electron chi connectivity index (χ0n) is 11.1. The first-order chi connectivity index (χ1) is 9.01. The fourth-order valence-corrected chi connectivity index (χ4v) is 2.45. The molecule has 2 rings (SSSR count). The van der Waals surface area contributed by atoms with Crippen molar-refractivity contribution >= 4 is 23.3 Å². The SMILES string of the molecule is CNc1cc(C(=O)N(C)CC2CC(O)C2)c(Cl)cn1. The Morgan fingerprint density at radius 2 is 2.32 bits per heavy atom. The van der Waals surface area contributed by atoms with Gasteiger partial charge in [0, 0.05) is 26.8 Å². The van der Waals surface area contributed by atoms with Crippen molar-refractivity contribution < 1.29 is 9.90 Å². The molecule has 104 valence electrons. The van der Waals surface area contributed by atoms with Gasteiger partial charge in [0.1, 0.15) is 5.82 Å². The molecule has 1 fully saturated rings. The van der Waals surface area contributed by atoms with Gasteiger partial charge in [-0.25, -0.2) is 4.98 Å². The summed E-state index contributed by atoms with van der Waals surface area (Å²) in [6.07, 6.45) is 2.81. The van der Waals surface area contributed by atoms with Gasteiger partial charge in [0.2, 0.25) is 0 Å². The molecular formula is C13H18ClN3O2. The highest BCUT2D eigenvalue weighted by atomic mass is 35.5. The molecule has 1 aliphatic rings. The summed E-state index contributed by atoms with van der Waals surface area (Å²) in [5.41, 5.74) is 0.448. The molecule has 0 aliphatic heterocycles. The molecule has 6 heteroatoms. The first-order valence-corrected chi connectivity index (χ1v) is 6.66. The second kappa shape index (κ2) is 5.75. The van der Waals surface area contributed by atoms with Gasteiger partial charge in [0.15, 0.2) is 0 Å². The second-order valence-electron chi connectivity index (χ2n) is 4.98. The van der Waals surface area contributed by atoms with Crippen LogP contribution in [0.5, 0.6) is 0 Å². The van der Waals surface area contributed by atoms with E-state index in [4.69, 9.17) is 11.6 Å². The highest BCUT2D eigenvalue weighted by molar-refractivity contribution is 6.33. The Kier molecular flexibility index (Phi) is 4.27. The first-order valence-electron chi connectivity index (χ1n) is 6.28. The topological polar surface area (TPSA) is 65.5 Å². The molecule has 0 unspecified atom stereocenters. The van der Waals surface area contributed by atoms with Gasteiger partial charge in [0.25, 0.3) is 5.91 Å². The third-order valence-corrected chi connectivity index (χ3v) is 3.73. The summed E-state index contributed by atoms with van der Waals surface area (Å²) in [7, 11) is 3.49. The zero-order valence-corrected chi connectivity index (χ0v) is 11.8. The van der Waals surface area contributed by atoms with Crippen molar-refractivity contribution in [2.24, 2.45) is 5.92 Å². The van der Waals surface area contributed by atoms with Crippen LogP contribution < -0.4 is 5.32 Å². The van der Waals surface area contributed by atoms with Crippen LogP contribution in [-0.4, -0.2) is 47.6 Å². The van der Waals surface area contributed by atoms with E-state index in [1.807, 2.05) is 0 Å². The van der Waals surface area contributed by atoms with Crippen LogP contribution in [0.25, 0.3) is 0 Å². The normalized spacial score (nSPS) is 21.7. The quantitative estimate of drug-likeness (QED) is 0.881. The largest absolute Gasteiger partial charge is 0.393 e. The number of aromatic nitrogens is 1. The Bertz CT molecular complexity index is 475. The van der Waals surface area contributed by atoms with E-state index < -0.39 is 0 Å². The van der Waals surface area contributed by atoms with E-state index >= 15 is 0 Å². The summed E-state index contributed by atoms with van der Waals surface area (Å²) in [5, 5.41) is 12.5. The average molecular weight is 284 g/mol. The number of hydrogen-bond acceptors (Lipinski definition) is 4. The Hall–Kier alpha value is -1.33. The van der Waals surface area contributed by atoms with Gasteiger partial charge in [0.05, 0.1) is 16.7 Å². The molecular weight excluding hydrogens is 266 g/mol. The van der Waals surface area contributed by atoms with E-state index in [9.17, 15) is 9.90 Å². The number of rotatable bonds is 4. The highest BCUT2D eigenvalue weighted by Gasteiger charge is 2.29. The molecule has 0 saturated heterocycles. The summed E-state index contributed by atoms with van der Waals surface area (Å²) >= 11 is 6.02. The third kappa shape index (κ3) is 3.16. The van der Waals surface area contributed by atoms with Crippen molar-refractivity contribution in [2.75, 3.05) is 26.0 Å². The van der Waals surface area contributed by atoms with Crippen LogP contribution in [0.15, 0.2) is 12.3 Å². The highest BCUT2D eigenvalue weighted by Crippen LogP contribution is 2.28. The van der Waals surface area contributed by atoms with Crippen LogP contribution in [0, 0.1) is 5.92 Å². The number of carbonyl (C=O) groups is 1. The molecule has 2 N–H and O–H groups in total. The molecule has 1 heterocycles. The number of aliphatic hydroxyl groups excluding tert-OH is 1. The van der Waals surface area contributed by atoms with Crippen molar-refractivity contribution in [1.29, 1.82) is 0 Å². The molecule has 0 atom stereocenters. The van der Waals surface area contributed by atoms with E-state index in [0.717, 1.165) is 12.8 Å². The second-order valence-corrected chi connectivity index (χ2v) is 5.38.